The number of nitrogens with one attached hydrogen (secondary N) is 1. The SMILES string of the molecule is C[B]c1ccc2c(c1)CCN(c1ccc(F)cc1F)[C@H]2c1c(F)cc(NC2CN(CCCC)C2)cc1F. The number of halogens is 4. The molecule has 0 amide bonds. The van der Waals surface area contributed by atoms with Crippen molar-refractivity contribution in [3.05, 3.63) is 88.5 Å². The maximum Gasteiger partial charge on any atom is 0.149 e. The first-order valence-electron chi connectivity index (χ1n) is 13.0. The Morgan fingerprint density at radius 2 is 1.70 bits per heavy atom. The van der Waals surface area contributed by atoms with E-state index in [1.54, 1.807) is 4.90 Å². The topological polar surface area (TPSA) is 18.5 Å². The van der Waals surface area contributed by atoms with E-state index in [1.165, 1.54) is 24.3 Å². The number of unbranched alkanes of at least 4 members (excludes halogenated alkanes) is 1. The third kappa shape index (κ3) is 5.21. The second-order valence-corrected chi connectivity index (χ2v) is 10.00. The molecule has 1 radical (unpaired) electrons. The lowest BCUT2D eigenvalue weighted by molar-refractivity contribution is 0.159. The van der Waals surface area contributed by atoms with E-state index in [0.29, 0.717) is 24.2 Å². The summed E-state index contributed by atoms with van der Waals surface area (Å²) < 4.78 is 60.0. The van der Waals surface area contributed by atoms with E-state index in [4.69, 9.17) is 0 Å². The van der Waals surface area contributed by atoms with Crippen molar-refractivity contribution in [2.75, 3.05) is 36.4 Å². The highest BCUT2D eigenvalue weighted by Gasteiger charge is 2.35. The molecule has 37 heavy (non-hydrogen) atoms. The Hall–Kier alpha value is -3.00. The van der Waals surface area contributed by atoms with Gasteiger partial charge in [0.2, 0.25) is 0 Å². The minimum atomic E-state index is -0.892. The van der Waals surface area contributed by atoms with Crippen LogP contribution in [0.15, 0.2) is 48.5 Å². The van der Waals surface area contributed by atoms with E-state index in [9.17, 15) is 8.78 Å². The molecular weight excluding hydrogens is 477 g/mol. The zero-order chi connectivity index (χ0) is 26.1. The van der Waals surface area contributed by atoms with Gasteiger partial charge in [-0.3, -0.25) is 4.90 Å². The fourth-order valence-electron chi connectivity index (χ4n) is 5.50. The third-order valence-electron chi connectivity index (χ3n) is 7.46. The average Bonchev–Trinajstić information content (AvgIpc) is 2.85. The maximum atomic E-state index is 15.7. The number of nitrogens with zero attached hydrogens (tertiary/aromatic N) is 2. The van der Waals surface area contributed by atoms with Crippen LogP contribution in [0.1, 0.15) is 42.5 Å². The van der Waals surface area contributed by atoms with Gasteiger partial charge >= 0.3 is 0 Å². The van der Waals surface area contributed by atoms with Crippen molar-refractivity contribution >= 4 is 24.1 Å². The Kier molecular flexibility index (Phi) is 7.47. The van der Waals surface area contributed by atoms with E-state index in [2.05, 4.69) is 17.1 Å². The van der Waals surface area contributed by atoms with E-state index < -0.39 is 29.3 Å². The highest BCUT2D eigenvalue weighted by atomic mass is 19.1. The summed E-state index contributed by atoms with van der Waals surface area (Å²) in [4.78, 5) is 3.96. The quantitative estimate of drug-likeness (QED) is 0.313. The molecule has 1 N–H and O–H groups in total. The van der Waals surface area contributed by atoms with Gasteiger partial charge in [0.25, 0.3) is 0 Å². The summed E-state index contributed by atoms with van der Waals surface area (Å²) in [6, 6.07) is 11.0. The fourth-order valence-corrected chi connectivity index (χ4v) is 5.50. The van der Waals surface area contributed by atoms with Gasteiger partial charge in [-0.05, 0) is 54.8 Å². The Balaban J connectivity index is 1.49. The predicted octanol–water partition coefficient (Wildman–Crippen LogP) is 5.67. The van der Waals surface area contributed by atoms with E-state index >= 15 is 8.78 Å². The van der Waals surface area contributed by atoms with Crippen LogP contribution in [0.25, 0.3) is 0 Å². The lowest BCUT2D eigenvalue weighted by Crippen LogP contribution is -2.54. The normalized spacial score (nSPS) is 17.9. The number of benzene rings is 3. The lowest BCUT2D eigenvalue weighted by Gasteiger charge is -2.41. The zero-order valence-corrected chi connectivity index (χ0v) is 21.2. The van der Waals surface area contributed by atoms with Crippen LogP contribution in [0, 0.1) is 23.3 Å². The van der Waals surface area contributed by atoms with Gasteiger partial charge in [-0.15, -0.1) is 0 Å². The van der Waals surface area contributed by atoms with Crippen LogP contribution < -0.4 is 15.7 Å². The molecule has 5 rings (SSSR count). The molecule has 0 saturated carbocycles. The molecule has 2 aliphatic heterocycles. The first-order valence-corrected chi connectivity index (χ1v) is 13.0. The molecule has 0 spiro atoms. The number of fused-ring (bicyclic) bond motifs is 1. The summed E-state index contributed by atoms with van der Waals surface area (Å²) in [6.07, 6.45) is 2.84. The number of rotatable bonds is 8. The summed E-state index contributed by atoms with van der Waals surface area (Å²) in [5.41, 5.74) is 3.05. The fraction of sp³-hybridized carbons (Fsp3) is 0.379. The van der Waals surface area contributed by atoms with Crippen LogP contribution in [-0.2, 0) is 6.42 Å². The van der Waals surface area contributed by atoms with E-state index in [0.717, 1.165) is 49.6 Å². The number of likely N-dealkylation sites (tertiary alicyclic amines) is 1. The molecule has 1 saturated heterocycles. The third-order valence-corrected chi connectivity index (χ3v) is 7.46. The van der Waals surface area contributed by atoms with Gasteiger partial charge in [-0.2, -0.15) is 0 Å². The molecule has 8 heteroatoms. The van der Waals surface area contributed by atoms with Gasteiger partial charge in [0.15, 0.2) is 0 Å². The number of hydrogen-bond acceptors (Lipinski definition) is 3. The lowest BCUT2D eigenvalue weighted by atomic mass is 9.71. The molecule has 2 heterocycles. The van der Waals surface area contributed by atoms with Crippen molar-refractivity contribution in [3.63, 3.8) is 0 Å². The standard InChI is InChI=1S/C29H31BF4N3/c1-3-4-10-36-16-22(17-36)35-21-14-25(33)28(26(34)15-21)29-23-7-5-19(30-2)12-18(23)9-11-37(29)27-8-6-20(31)13-24(27)32/h5-8,12-15,22,29,35H,3-4,9-11,16-17H2,1-2H3/t29-/m1/s1. The predicted molar refractivity (Wildman–Crippen MR) is 142 cm³/mol. The molecule has 1 atom stereocenters. The smallest absolute Gasteiger partial charge is 0.149 e. The summed E-state index contributed by atoms with van der Waals surface area (Å²) in [5, 5.41) is 3.25. The molecule has 3 nitrogen and oxygen atoms in total. The zero-order valence-electron chi connectivity index (χ0n) is 21.2. The molecule has 3 aromatic carbocycles. The van der Waals surface area contributed by atoms with Crippen molar-refractivity contribution in [1.29, 1.82) is 0 Å². The largest absolute Gasteiger partial charge is 0.380 e. The first kappa shape index (κ1) is 25.6. The van der Waals surface area contributed by atoms with Gasteiger partial charge in [0.05, 0.1) is 23.3 Å². The molecular formula is C29H31BF4N3. The van der Waals surface area contributed by atoms with Gasteiger partial charge in [-0.25, -0.2) is 17.6 Å². The van der Waals surface area contributed by atoms with Gasteiger partial charge in [-0.1, -0.05) is 43.8 Å². The van der Waals surface area contributed by atoms with Crippen LogP contribution in [0.3, 0.4) is 0 Å². The summed E-state index contributed by atoms with van der Waals surface area (Å²) >= 11 is 0. The molecule has 0 bridgehead atoms. The van der Waals surface area contributed by atoms with Gasteiger partial charge < -0.3 is 10.2 Å². The highest BCUT2D eigenvalue weighted by Crippen LogP contribution is 2.41. The monoisotopic (exact) mass is 508 g/mol. The van der Waals surface area contributed by atoms with Crippen LogP contribution in [0.4, 0.5) is 28.9 Å². The van der Waals surface area contributed by atoms with Crippen molar-refractivity contribution in [2.45, 2.75) is 45.1 Å². The molecule has 0 aromatic heterocycles. The summed E-state index contributed by atoms with van der Waals surface area (Å²) in [5.74, 6) is -2.85. The number of anilines is 2. The van der Waals surface area contributed by atoms with Gasteiger partial charge in [0.1, 0.15) is 30.5 Å². The summed E-state index contributed by atoms with van der Waals surface area (Å²) in [6.45, 7) is 7.13. The maximum absolute atomic E-state index is 15.7. The summed E-state index contributed by atoms with van der Waals surface area (Å²) in [7, 11) is 1.97. The second kappa shape index (κ2) is 10.8. The van der Waals surface area contributed by atoms with Crippen LogP contribution in [0.2, 0.25) is 6.82 Å². The second-order valence-electron chi connectivity index (χ2n) is 10.00. The van der Waals surface area contributed by atoms with E-state index in [-0.39, 0.29) is 17.3 Å². The molecule has 1 fully saturated rings. The molecule has 193 valence electrons. The minimum Gasteiger partial charge on any atom is -0.380 e. The van der Waals surface area contributed by atoms with Crippen molar-refractivity contribution < 1.29 is 17.6 Å². The van der Waals surface area contributed by atoms with Crippen molar-refractivity contribution in [3.8, 4) is 0 Å². The Labute approximate surface area is 216 Å². The molecule has 0 unspecified atom stereocenters. The van der Waals surface area contributed by atoms with Crippen molar-refractivity contribution in [2.24, 2.45) is 0 Å². The average molecular weight is 508 g/mol. The van der Waals surface area contributed by atoms with Crippen LogP contribution in [-0.4, -0.2) is 44.4 Å². The first-order chi connectivity index (χ1) is 17.9. The molecule has 2 aliphatic rings. The van der Waals surface area contributed by atoms with Gasteiger partial charge in [0, 0.05) is 31.4 Å². The molecule has 0 aliphatic carbocycles. The highest BCUT2D eigenvalue weighted by molar-refractivity contribution is 6.51. The minimum absolute atomic E-state index is 0.117. The number of hydrogen-bond donors (Lipinski definition) is 1. The Morgan fingerprint density at radius 1 is 0.946 bits per heavy atom. The Bertz CT molecular complexity index is 1250. The van der Waals surface area contributed by atoms with E-state index in [1.807, 2.05) is 32.3 Å². The van der Waals surface area contributed by atoms with Crippen molar-refractivity contribution in [1.82, 2.24) is 4.90 Å². The molecule has 3 aromatic rings. The van der Waals surface area contributed by atoms with Crippen LogP contribution >= 0.6 is 0 Å². The Morgan fingerprint density at radius 3 is 2.38 bits per heavy atom. The van der Waals surface area contributed by atoms with Crippen LogP contribution in [0.5, 0.6) is 0 Å².